The Morgan fingerprint density at radius 3 is 2.25 bits per heavy atom. The first-order valence-electron chi connectivity index (χ1n) is 7.76. The highest BCUT2D eigenvalue weighted by molar-refractivity contribution is 14.1. The average molecular weight is 430 g/mol. The van der Waals surface area contributed by atoms with Crippen LogP contribution in [0, 0.1) is 17.4 Å². The number of methoxy groups -OCH3 is 1. The molecule has 0 amide bonds. The van der Waals surface area contributed by atoms with E-state index in [2.05, 4.69) is 54.6 Å². The largest absolute Gasteiger partial charge is 0.497 e. The Hall–Kier alpha value is -2.01. The van der Waals surface area contributed by atoms with Gasteiger partial charge < -0.3 is 9.47 Å². The number of aryl methyl sites for hydroxylation is 2. The molecule has 0 aromatic heterocycles. The van der Waals surface area contributed by atoms with Gasteiger partial charge in [0.25, 0.3) is 0 Å². The highest BCUT2D eigenvalue weighted by Gasteiger charge is 2.14. The Labute approximate surface area is 156 Å². The monoisotopic (exact) mass is 430 g/mol. The van der Waals surface area contributed by atoms with Crippen LogP contribution in [-0.4, -0.2) is 7.11 Å². The van der Waals surface area contributed by atoms with Crippen molar-refractivity contribution >= 4 is 22.6 Å². The van der Waals surface area contributed by atoms with Crippen LogP contribution in [0.25, 0.3) is 11.1 Å². The quantitative estimate of drug-likeness (QED) is 0.448. The zero-order valence-electron chi connectivity index (χ0n) is 14.0. The first-order valence-corrected chi connectivity index (χ1v) is 8.84. The highest BCUT2D eigenvalue weighted by atomic mass is 127. The molecule has 0 heterocycles. The van der Waals surface area contributed by atoms with E-state index in [9.17, 15) is 0 Å². The SMILES string of the molecule is COc1ccc(-c2cc(C)cc(C)c2I)c(Oc2ccccc2)c1. The maximum atomic E-state index is 6.16. The molecule has 2 nitrogen and oxygen atoms in total. The topological polar surface area (TPSA) is 18.5 Å². The lowest BCUT2D eigenvalue weighted by atomic mass is 10.00. The molecule has 3 aromatic rings. The van der Waals surface area contributed by atoms with Crippen molar-refractivity contribution in [1.82, 2.24) is 0 Å². The van der Waals surface area contributed by atoms with Crippen LogP contribution in [-0.2, 0) is 0 Å². The minimum atomic E-state index is 0.782. The summed E-state index contributed by atoms with van der Waals surface area (Å²) in [5.41, 5.74) is 4.76. The average Bonchev–Trinajstić information content (AvgIpc) is 2.59. The molecule has 0 fully saturated rings. The molecule has 0 bridgehead atoms. The second-order valence-electron chi connectivity index (χ2n) is 5.72. The number of hydrogen-bond donors (Lipinski definition) is 0. The van der Waals surface area contributed by atoms with Gasteiger partial charge in [0.15, 0.2) is 0 Å². The maximum Gasteiger partial charge on any atom is 0.138 e. The van der Waals surface area contributed by atoms with Gasteiger partial charge in [0.05, 0.1) is 7.11 Å². The molecule has 0 atom stereocenters. The number of rotatable bonds is 4. The maximum absolute atomic E-state index is 6.16. The predicted octanol–water partition coefficient (Wildman–Crippen LogP) is 6.38. The Balaban J connectivity index is 2.14. The van der Waals surface area contributed by atoms with Crippen molar-refractivity contribution in [3.8, 4) is 28.4 Å². The Bertz CT molecular complexity index is 857. The second kappa shape index (κ2) is 7.26. The molecule has 0 aliphatic rings. The fourth-order valence-electron chi connectivity index (χ4n) is 2.70. The van der Waals surface area contributed by atoms with Gasteiger partial charge in [0.2, 0.25) is 0 Å². The van der Waals surface area contributed by atoms with Gasteiger partial charge in [-0.1, -0.05) is 35.9 Å². The molecule has 0 aliphatic carbocycles. The van der Waals surface area contributed by atoms with Crippen LogP contribution in [0.4, 0.5) is 0 Å². The van der Waals surface area contributed by atoms with Crippen LogP contribution in [0.1, 0.15) is 11.1 Å². The molecular weight excluding hydrogens is 411 g/mol. The van der Waals surface area contributed by atoms with Crippen molar-refractivity contribution in [1.29, 1.82) is 0 Å². The van der Waals surface area contributed by atoms with Crippen molar-refractivity contribution in [3.63, 3.8) is 0 Å². The van der Waals surface area contributed by atoms with Gasteiger partial charge in [-0.25, -0.2) is 0 Å². The van der Waals surface area contributed by atoms with Crippen LogP contribution in [0.15, 0.2) is 60.7 Å². The minimum Gasteiger partial charge on any atom is -0.497 e. The molecule has 0 N–H and O–H groups in total. The number of para-hydroxylation sites is 1. The smallest absolute Gasteiger partial charge is 0.138 e. The van der Waals surface area contributed by atoms with Crippen LogP contribution >= 0.6 is 22.6 Å². The van der Waals surface area contributed by atoms with E-state index in [1.807, 2.05) is 42.5 Å². The van der Waals surface area contributed by atoms with Crippen molar-refractivity contribution < 1.29 is 9.47 Å². The minimum absolute atomic E-state index is 0.782. The fourth-order valence-corrected chi connectivity index (χ4v) is 3.30. The van der Waals surface area contributed by atoms with Gasteiger partial charge in [0, 0.05) is 15.2 Å². The third-order valence-electron chi connectivity index (χ3n) is 3.85. The molecule has 122 valence electrons. The van der Waals surface area contributed by atoms with Gasteiger partial charge >= 0.3 is 0 Å². The van der Waals surface area contributed by atoms with E-state index in [-0.39, 0.29) is 0 Å². The summed E-state index contributed by atoms with van der Waals surface area (Å²) in [4.78, 5) is 0. The summed E-state index contributed by atoms with van der Waals surface area (Å²) in [5, 5.41) is 0. The lowest BCUT2D eigenvalue weighted by Gasteiger charge is -2.16. The summed E-state index contributed by atoms with van der Waals surface area (Å²) < 4.78 is 12.8. The first kappa shape index (κ1) is 16.8. The van der Waals surface area contributed by atoms with Crippen LogP contribution in [0.2, 0.25) is 0 Å². The zero-order valence-corrected chi connectivity index (χ0v) is 16.1. The second-order valence-corrected chi connectivity index (χ2v) is 6.80. The van der Waals surface area contributed by atoms with Crippen molar-refractivity contribution in [2.24, 2.45) is 0 Å². The normalized spacial score (nSPS) is 10.5. The van der Waals surface area contributed by atoms with Crippen molar-refractivity contribution in [2.45, 2.75) is 13.8 Å². The summed E-state index contributed by atoms with van der Waals surface area (Å²) in [5.74, 6) is 2.39. The Kier molecular flexibility index (Phi) is 5.09. The predicted molar refractivity (Wildman–Crippen MR) is 107 cm³/mol. The summed E-state index contributed by atoms with van der Waals surface area (Å²) in [6.45, 7) is 4.26. The Morgan fingerprint density at radius 1 is 0.792 bits per heavy atom. The van der Waals surface area contributed by atoms with Crippen LogP contribution in [0.5, 0.6) is 17.2 Å². The number of halogens is 1. The number of hydrogen-bond acceptors (Lipinski definition) is 2. The molecule has 24 heavy (non-hydrogen) atoms. The molecule has 0 unspecified atom stereocenters. The van der Waals surface area contributed by atoms with Gasteiger partial charge in [-0.05, 0) is 71.8 Å². The molecule has 0 saturated heterocycles. The van der Waals surface area contributed by atoms with Crippen LogP contribution < -0.4 is 9.47 Å². The molecule has 0 spiro atoms. The van der Waals surface area contributed by atoms with Gasteiger partial charge in [0.1, 0.15) is 17.2 Å². The molecule has 0 radical (unpaired) electrons. The van der Waals surface area contributed by atoms with Crippen molar-refractivity contribution in [2.75, 3.05) is 7.11 Å². The molecule has 0 aliphatic heterocycles. The lowest BCUT2D eigenvalue weighted by Crippen LogP contribution is -1.94. The van der Waals surface area contributed by atoms with E-state index in [4.69, 9.17) is 9.47 Å². The standard InChI is InChI=1S/C21H19IO2/c1-14-11-15(2)21(22)19(12-14)18-10-9-17(23-3)13-20(18)24-16-7-5-4-6-8-16/h4-13H,1-3H3. The summed E-state index contributed by atoms with van der Waals surface area (Å²) >= 11 is 2.40. The Morgan fingerprint density at radius 2 is 1.54 bits per heavy atom. The summed E-state index contributed by atoms with van der Waals surface area (Å²) in [7, 11) is 1.67. The summed E-state index contributed by atoms with van der Waals surface area (Å²) in [6, 6.07) is 20.2. The van der Waals surface area contributed by atoms with E-state index in [1.165, 1.54) is 20.3 Å². The highest BCUT2D eigenvalue weighted by Crippen LogP contribution is 2.39. The zero-order chi connectivity index (χ0) is 17.1. The third-order valence-corrected chi connectivity index (χ3v) is 5.28. The van der Waals surface area contributed by atoms with Gasteiger partial charge in [-0.15, -0.1) is 0 Å². The molecule has 0 saturated carbocycles. The van der Waals surface area contributed by atoms with Crippen molar-refractivity contribution in [3.05, 3.63) is 75.4 Å². The summed E-state index contributed by atoms with van der Waals surface area (Å²) in [6.07, 6.45) is 0. The van der Waals surface area contributed by atoms with Gasteiger partial charge in [-0.3, -0.25) is 0 Å². The van der Waals surface area contributed by atoms with E-state index < -0.39 is 0 Å². The lowest BCUT2D eigenvalue weighted by molar-refractivity contribution is 0.409. The fraction of sp³-hybridized carbons (Fsp3) is 0.143. The van der Waals surface area contributed by atoms with E-state index in [0.717, 1.165) is 22.8 Å². The molecular formula is C21H19IO2. The van der Waals surface area contributed by atoms with E-state index >= 15 is 0 Å². The number of ether oxygens (including phenoxy) is 2. The number of benzene rings is 3. The van der Waals surface area contributed by atoms with Crippen LogP contribution in [0.3, 0.4) is 0 Å². The molecule has 3 aromatic carbocycles. The van der Waals surface area contributed by atoms with E-state index in [1.54, 1.807) is 7.11 Å². The first-order chi connectivity index (χ1) is 11.6. The van der Waals surface area contributed by atoms with Gasteiger partial charge in [-0.2, -0.15) is 0 Å². The van der Waals surface area contributed by atoms with E-state index in [0.29, 0.717) is 0 Å². The molecule has 3 rings (SSSR count). The third kappa shape index (κ3) is 3.56. The molecule has 3 heteroatoms.